The number of thiophene rings is 1. The van der Waals surface area contributed by atoms with E-state index < -0.39 is 5.97 Å². The SMILES string of the molecule is Cc1ccc(SCc2csc3ccccc23)cc1C(=O)O. The summed E-state index contributed by atoms with van der Waals surface area (Å²) in [5.74, 6) is -0.0116. The molecule has 21 heavy (non-hydrogen) atoms. The zero-order valence-corrected chi connectivity index (χ0v) is 13.1. The fourth-order valence-corrected chi connectivity index (χ4v) is 4.22. The van der Waals surface area contributed by atoms with E-state index in [0.717, 1.165) is 16.2 Å². The summed E-state index contributed by atoms with van der Waals surface area (Å²) < 4.78 is 1.29. The van der Waals surface area contributed by atoms with Crippen molar-refractivity contribution in [1.82, 2.24) is 0 Å². The molecule has 0 saturated heterocycles. The van der Waals surface area contributed by atoms with Crippen LogP contribution in [0.5, 0.6) is 0 Å². The van der Waals surface area contributed by atoms with E-state index in [4.69, 9.17) is 0 Å². The van der Waals surface area contributed by atoms with Crippen molar-refractivity contribution in [3.63, 3.8) is 0 Å². The van der Waals surface area contributed by atoms with Crippen molar-refractivity contribution in [2.24, 2.45) is 0 Å². The predicted octanol–water partition coefficient (Wildman–Crippen LogP) is 5.20. The van der Waals surface area contributed by atoms with Gasteiger partial charge in [0.2, 0.25) is 0 Å². The van der Waals surface area contributed by atoms with Gasteiger partial charge in [-0.2, -0.15) is 0 Å². The number of carboxylic acid groups (broad SMARTS) is 1. The lowest BCUT2D eigenvalue weighted by atomic mass is 10.1. The first-order valence-corrected chi connectivity index (χ1v) is 8.43. The maximum atomic E-state index is 11.2. The summed E-state index contributed by atoms with van der Waals surface area (Å²) >= 11 is 3.43. The van der Waals surface area contributed by atoms with Crippen LogP contribution in [0.4, 0.5) is 0 Å². The van der Waals surface area contributed by atoms with Crippen molar-refractivity contribution >= 4 is 39.2 Å². The molecule has 3 aromatic rings. The molecule has 3 rings (SSSR count). The molecule has 0 unspecified atom stereocenters. The molecule has 0 aliphatic carbocycles. The van der Waals surface area contributed by atoms with Crippen molar-refractivity contribution in [3.8, 4) is 0 Å². The number of aryl methyl sites for hydroxylation is 1. The van der Waals surface area contributed by atoms with Gasteiger partial charge in [-0.05, 0) is 47.0 Å². The molecule has 106 valence electrons. The smallest absolute Gasteiger partial charge is 0.335 e. The van der Waals surface area contributed by atoms with Crippen LogP contribution in [0, 0.1) is 6.92 Å². The van der Waals surface area contributed by atoms with Gasteiger partial charge < -0.3 is 5.11 Å². The molecule has 0 saturated carbocycles. The Morgan fingerprint density at radius 1 is 1.24 bits per heavy atom. The van der Waals surface area contributed by atoms with Gasteiger partial charge in [-0.25, -0.2) is 4.79 Å². The Kier molecular flexibility index (Phi) is 3.99. The first-order chi connectivity index (χ1) is 10.1. The average molecular weight is 314 g/mol. The molecule has 4 heteroatoms. The maximum Gasteiger partial charge on any atom is 0.335 e. The van der Waals surface area contributed by atoms with Gasteiger partial charge in [0, 0.05) is 15.3 Å². The number of rotatable bonds is 4. The van der Waals surface area contributed by atoms with Gasteiger partial charge in [-0.1, -0.05) is 24.3 Å². The van der Waals surface area contributed by atoms with E-state index in [1.165, 1.54) is 15.6 Å². The van der Waals surface area contributed by atoms with Gasteiger partial charge in [-0.15, -0.1) is 23.1 Å². The van der Waals surface area contributed by atoms with Crippen LogP contribution in [-0.2, 0) is 5.75 Å². The molecule has 0 fully saturated rings. The monoisotopic (exact) mass is 314 g/mol. The van der Waals surface area contributed by atoms with Crippen LogP contribution in [0.1, 0.15) is 21.5 Å². The molecule has 2 nitrogen and oxygen atoms in total. The normalized spacial score (nSPS) is 10.9. The van der Waals surface area contributed by atoms with Gasteiger partial charge in [0.1, 0.15) is 0 Å². The molecule has 0 aliphatic rings. The summed E-state index contributed by atoms with van der Waals surface area (Å²) in [6, 6.07) is 14.0. The molecule has 0 atom stereocenters. The van der Waals surface area contributed by atoms with Crippen LogP contribution >= 0.6 is 23.1 Å². The van der Waals surface area contributed by atoms with Crippen LogP contribution < -0.4 is 0 Å². The van der Waals surface area contributed by atoms with Crippen LogP contribution in [0.3, 0.4) is 0 Å². The molecule has 0 amide bonds. The standard InChI is InChI=1S/C17H14O2S2/c1-11-6-7-13(8-15(11)17(18)19)20-9-12-10-21-16-5-3-2-4-14(12)16/h2-8,10H,9H2,1H3,(H,18,19). The van der Waals surface area contributed by atoms with Gasteiger partial charge in [-0.3, -0.25) is 0 Å². The predicted molar refractivity (Wildman–Crippen MR) is 89.5 cm³/mol. The van der Waals surface area contributed by atoms with E-state index in [2.05, 4.69) is 29.6 Å². The third-order valence-electron chi connectivity index (χ3n) is 3.39. The summed E-state index contributed by atoms with van der Waals surface area (Å²) in [6.07, 6.45) is 0. The van der Waals surface area contributed by atoms with E-state index in [-0.39, 0.29) is 0 Å². The fourth-order valence-electron chi connectivity index (χ4n) is 2.23. The molecule has 0 aliphatic heterocycles. The summed E-state index contributed by atoms with van der Waals surface area (Å²) in [6.45, 7) is 1.82. The highest BCUT2D eigenvalue weighted by atomic mass is 32.2. The van der Waals surface area contributed by atoms with Gasteiger partial charge in [0.05, 0.1) is 5.56 Å². The minimum atomic E-state index is -0.865. The van der Waals surface area contributed by atoms with E-state index in [0.29, 0.717) is 5.56 Å². The second kappa shape index (κ2) is 5.92. The Balaban J connectivity index is 1.82. The van der Waals surface area contributed by atoms with Gasteiger partial charge in [0.15, 0.2) is 0 Å². The Morgan fingerprint density at radius 2 is 2.05 bits per heavy atom. The number of carbonyl (C=O) groups is 1. The third-order valence-corrected chi connectivity index (χ3v) is 5.45. The summed E-state index contributed by atoms with van der Waals surface area (Å²) in [5.41, 5.74) is 2.49. The quantitative estimate of drug-likeness (QED) is 0.672. The Morgan fingerprint density at radius 3 is 2.86 bits per heavy atom. The Labute approximate surface area is 131 Å². The number of hydrogen-bond donors (Lipinski definition) is 1. The number of fused-ring (bicyclic) bond motifs is 1. The van der Waals surface area contributed by atoms with Crippen molar-refractivity contribution in [2.75, 3.05) is 0 Å². The van der Waals surface area contributed by atoms with Crippen LogP contribution in [0.15, 0.2) is 52.7 Å². The van der Waals surface area contributed by atoms with Crippen molar-refractivity contribution in [1.29, 1.82) is 0 Å². The van der Waals surface area contributed by atoms with Crippen molar-refractivity contribution in [3.05, 3.63) is 64.5 Å². The second-order valence-electron chi connectivity index (χ2n) is 4.83. The largest absolute Gasteiger partial charge is 0.478 e. The summed E-state index contributed by atoms with van der Waals surface area (Å²) in [4.78, 5) is 12.2. The number of benzene rings is 2. The van der Waals surface area contributed by atoms with Gasteiger partial charge >= 0.3 is 5.97 Å². The van der Waals surface area contributed by atoms with E-state index in [9.17, 15) is 9.90 Å². The molecule has 1 heterocycles. The molecule has 0 spiro atoms. The topological polar surface area (TPSA) is 37.3 Å². The lowest BCUT2D eigenvalue weighted by Gasteiger charge is -2.05. The molecule has 0 bridgehead atoms. The van der Waals surface area contributed by atoms with E-state index in [1.807, 2.05) is 19.1 Å². The zero-order chi connectivity index (χ0) is 14.8. The number of aromatic carboxylic acids is 1. The highest BCUT2D eigenvalue weighted by molar-refractivity contribution is 7.98. The Hall–Kier alpha value is -1.78. The first-order valence-electron chi connectivity index (χ1n) is 6.57. The highest BCUT2D eigenvalue weighted by Gasteiger charge is 2.09. The highest BCUT2D eigenvalue weighted by Crippen LogP contribution is 2.31. The molecule has 0 radical (unpaired) electrons. The van der Waals surface area contributed by atoms with Crippen molar-refractivity contribution < 1.29 is 9.90 Å². The molecule has 1 aromatic heterocycles. The summed E-state index contributed by atoms with van der Waals surface area (Å²) in [5, 5.41) is 12.7. The number of carboxylic acids is 1. The molecular formula is C17H14O2S2. The average Bonchev–Trinajstić information content (AvgIpc) is 2.89. The minimum Gasteiger partial charge on any atom is -0.478 e. The molecule has 2 aromatic carbocycles. The van der Waals surface area contributed by atoms with Crippen LogP contribution in [0.2, 0.25) is 0 Å². The minimum absolute atomic E-state index is 0.384. The van der Waals surface area contributed by atoms with Crippen LogP contribution in [-0.4, -0.2) is 11.1 Å². The Bertz CT molecular complexity index is 805. The second-order valence-corrected chi connectivity index (χ2v) is 6.79. The maximum absolute atomic E-state index is 11.2. The third kappa shape index (κ3) is 2.96. The van der Waals surface area contributed by atoms with Gasteiger partial charge in [0.25, 0.3) is 0 Å². The van der Waals surface area contributed by atoms with Crippen molar-refractivity contribution in [2.45, 2.75) is 17.6 Å². The number of hydrogen-bond acceptors (Lipinski definition) is 3. The molecule has 1 N–H and O–H groups in total. The van der Waals surface area contributed by atoms with E-state index in [1.54, 1.807) is 29.2 Å². The number of thioether (sulfide) groups is 1. The van der Waals surface area contributed by atoms with E-state index >= 15 is 0 Å². The lowest BCUT2D eigenvalue weighted by molar-refractivity contribution is 0.0696. The van der Waals surface area contributed by atoms with Crippen LogP contribution in [0.25, 0.3) is 10.1 Å². The lowest BCUT2D eigenvalue weighted by Crippen LogP contribution is -1.99. The zero-order valence-electron chi connectivity index (χ0n) is 11.5. The molecular weight excluding hydrogens is 300 g/mol. The summed E-state index contributed by atoms with van der Waals surface area (Å²) in [7, 11) is 0. The fraction of sp³-hybridized carbons (Fsp3) is 0.118. The first kappa shape index (κ1) is 14.2.